The summed E-state index contributed by atoms with van der Waals surface area (Å²) in [6, 6.07) is 5.94. The highest BCUT2D eigenvalue weighted by Gasteiger charge is 2.20. The molecule has 0 aliphatic heterocycles. The quantitative estimate of drug-likeness (QED) is 0.795. The van der Waals surface area contributed by atoms with Gasteiger partial charge in [-0.1, -0.05) is 12.1 Å². The average Bonchev–Trinajstić information content (AvgIpc) is 2.85. The van der Waals surface area contributed by atoms with Gasteiger partial charge in [0.05, 0.1) is 11.3 Å². The number of carbonyl (C=O) groups is 1. The van der Waals surface area contributed by atoms with Crippen LogP contribution in [0.4, 0.5) is 5.69 Å². The van der Waals surface area contributed by atoms with Crippen molar-refractivity contribution in [2.45, 2.75) is 11.8 Å². The second-order valence-corrected chi connectivity index (χ2v) is 5.64. The Morgan fingerprint density at radius 2 is 2.05 bits per heavy atom. The Hall–Kier alpha value is -2.28. The Bertz CT molecular complexity index is 705. The van der Waals surface area contributed by atoms with Gasteiger partial charge in [-0.15, -0.1) is 0 Å². The summed E-state index contributed by atoms with van der Waals surface area (Å²) in [6.07, 6.45) is 2.80. The molecule has 0 aliphatic carbocycles. The van der Waals surface area contributed by atoms with Gasteiger partial charge in [0.15, 0.2) is 0 Å². The van der Waals surface area contributed by atoms with Crippen molar-refractivity contribution in [1.29, 1.82) is 0 Å². The molecule has 0 atom stereocenters. The van der Waals surface area contributed by atoms with Crippen LogP contribution in [0.15, 0.2) is 41.6 Å². The summed E-state index contributed by atoms with van der Waals surface area (Å²) in [4.78, 5) is 13.8. The van der Waals surface area contributed by atoms with Gasteiger partial charge in [-0.2, -0.15) is 0 Å². The van der Waals surface area contributed by atoms with Crippen LogP contribution >= 0.6 is 0 Å². The van der Waals surface area contributed by atoms with E-state index in [0.717, 1.165) is 0 Å². The maximum atomic E-state index is 12.1. The Labute approximate surface area is 110 Å². The number of H-pyrrole nitrogens is 1. The fourth-order valence-electron chi connectivity index (χ4n) is 1.65. The second-order valence-electron chi connectivity index (χ2n) is 3.95. The first kappa shape index (κ1) is 13.2. The molecular formula is C12H12N2O4S. The average molecular weight is 280 g/mol. The number of aromatic amines is 1. The van der Waals surface area contributed by atoms with Crippen molar-refractivity contribution in [3.05, 3.63) is 47.8 Å². The summed E-state index contributed by atoms with van der Waals surface area (Å²) in [5.74, 6) is -1.18. The third-order valence-electron chi connectivity index (χ3n) is 2.62. The highest BCUT2D eigenvalue weighted by Crippen LogP contribution is 2.24. The minimum absolute atomic E-state index is 0.0482. The van der Waals surface area contributed by atoms with E-state index in [1.54, 1.807) is 19.1 Å². The van der Waals surface area contributed by atoms with Gasteiger partial charge >= 0.3 is 5.97 Å². The predicted octanol–water partition coefficient (Wildman–Crippen LogP) is 1.82. The van der Waals surface area contributed by atoms with Gasteiger partial charge in [0, 0.05) is 12.4 Å². The number of para-hydroxylation sites is 1. The SMILES string of the molecule is Cc1cccc(C(=O)O)c1NS(=O)(=O)c1cc[nH]c1. The van der Waals surface area contributed by atoms with Gasteiger partial charge in [0.2, 0.25) is 0 Å². The number of benzene rings is 1. The molecule has 1 aromatic carbocycles. The standard InChI is InChI=1S/C12H12N2O4S/c1-8-3-2-4-10(12(15)16)11(8)14-19(17,18)9-5-6-13-7-9/h2-7,13-14H,1H3,(H,15,16). The monoisotopic (exact) mass is 280 g/mol. The lowest BCUT2D eigenvalue weighted by Crippen LogP contribution is -2.16. The lowest BCUT2D eigenvalue weighted by Gasteiger charge is -2.12. The third-order valence-corrected chi connectivity index (χ3v) is 3.97. The number of anilines is 1. The third kappa shape index (κ3) is 2.60. The van der Waals surface area contributed by atoms with E-state index >= 15 is 0 Å². The Balaban J connectivity index is 2.48. The van der Waals surface area contributed by atoms with E-state index in [-0.39, 0.29) is 16.1 Å². The van der Waals surface area contributed by atoms with Crippen LogP contribution < -0.4 is 4.72 Å². The normalized spacial score (nSPS) is 11.2. The highest BCUT2D eigenvalue weighted by molar-refractivity contribution is 7.92. The number of aromatic carboxylic acids is 1. The van der Waals surface area contributed by atoms with E-state index in [4.69, 9.17) is 5.11 Å². The molecule has 0 saturated heterocycles. The van der Waals surface area contributed by atoms with Crippen LogP contribution in [0.3, 0.4) is 0 Å². The van der Waals surface area contributed by atoms with Crippen LogP contribution in [0.2, 0.25) is 0 Å². The summed E-state index contributed by atoms with van der Waals surface area (Å²) in [5, 5.41) is 9.08. The Kier molecular flexibility index (Phi) is 3.30. The molecule has 100 valence electrons. The van der Waals surface area contributed by atoms with Gasteiger partial charge in [0.25, 0.3) is 10.0 Å². The van der Waals surface area contributed by atoms with Crippen LogP contribution in [-0.2, 0) is 10.0 Å². The zero-order chi connectivity index (χ0) is 14.0. The summed E-state index contributed by atoms with van der Waals surface area (Å²) < 4.78 is 26.4. The number of carboxylic acid groups (broad SMARTS) is 1. The molecule has 0 amide bonds. The molecule has 19 heavy (non-hydrogen) atoms. The first-order valence-corrected chi connectivity index (χ1v) is 6.88. The Morgan fingerprint density at radius 1 is 1.32 bits per heavy atom. The molecule has 0 spiro atoms. The lowest BCUT2D eigenvalue weighted by molar-refractivity contribution is 0.0698. The number of rotatable bonds is 4. The molecular weight excluding hydrogens is 268 g/mol. The fraction of sp³-hybridized carbons (Fsp3) is 0.0833. The maximum Gasteiger partial charge on any atom is 0.337 e. The number of hydrogen-bond donors (Lipinski definition) is 3. The maximum absolute atomic E-state index is 12.1. The predicted molar refractivity (Wildman–Crippen MR) is 69.7 cm³/mol. The van der Waals surface area contributed by atoms with Crippen LogP contribution in [-0.4, -0.2) is 24.5 Å². The van der Waals surface area contributed by atoms with Crippen LogP contribution in [0.1, 0.15) is 15.9 Å². The largest absolute Gasteiger partial charge is 0.478 e. The minimum Gasteiger partial charge on any atom is -0.478 e. The van der Waals surface area contributed by atoms with Crippen LogP contribution in [0, 0.1) is 6.92 Å². The van der Waals surface area contributed by atoms with E-state index in [1.165, 1.54) is 24.5 Å². The van der Waals surface area contributed by atoms with E-state index in [9.17, 15) is 13.2 Å². The molecule has 0 radical (unpaired) electrons. The first-order chi connectivity index (χ1) is 8.92. The number of carboxylic acids is 1. The van der Waals surface area contributed by atoms with Gasteiger partial charge in [-0.3, -0.25) is 4.72 Å². The lowest BCUT2D eigenvalue weighted by atomic mass is 10.1. The number of aromatic nitrogens is 1. The van der Waals surface area contributed by atoms with Gasteiger partial charge < -0.3 is 10.1 Å². The molecule has 0 aliphatic rings. The summed E-state index contributed by atoms with van der Waals surface area (Å²) in [6.45, 7) is 1.64. The van der Waals surface area contributed by atoms with Crippen LogP contribution in [0.25, 0.3) is 0 Å². The van der Waals surface area contributed by atoms with E-state index < -0.39 is 16.0 Å². The fourth-order valence-corrected chi connectivity index (χ4v) is 2.78. The molecule has 3 N–H and O–H groups in total. The van der Waals surface area contributed by atoms with Crippen molar-refractivity contribution >= 4 is 21.7 Å². The second kappa shape index (κ2) is 4.77. The van der Waals surface area contributed by atoms with E-state index in [2.05, 4.69) is 9.71 Å². The zero-order valence-electron chi connectivity index (χ0n) is 10.0. The van der Waals surface area contributed by atoms with E-state index in [0.29, 0.717) is 5.56 Å². The molecule has 7 heteroatoms. The van der Waals surface area contributed by atoms with Gasteiger partial charge in [0.1, 0.15) is 4.90 Å². The topological polar surface area (TPSA) is 99.3 Å². The molecule has 1 heterocycles. The van der Waals surface area contributed by atoms with Crippen molar-refractivity contribution in [1.82, 2.24) is 4.98 Å². The zero-order valence-corrected chi connectivity index (χ0v) is 10.9. The summed E-state index contributed by atoms with van der Waals surface area (Å²) in [7, 11) is -3.79. The van der Waals surface area contributed by atoms with E-state index in [1.807, 2.05) is 0 Å². The van der Waals surface area contributed by atoms with Gasteiger partial charge in [-0.05, 0) is 24.6 Å². The van der Waals surface area contributed by atoms with Crippen LogP contribution in [0.5, 0.6) is 0 Å². The smallest absolute Gasteiger partial charge is 0.337 e. The molecule has 0 saturated carbocycles. The summed E-state index contributed by atoms with van der Waals surface area (Å²) >= 11 is 0. The van der Waals surface area contributed by atoms with Crippen molar-refractivity contribution in [2.24, 2.45) is 0 Å². The molecule has 0 bridgehead atoms. The van der Waals surface area contributed by atoms with Crippen molar-refractivity contribution in [2.75, 3.05) is 4.72 Å². The Morgan fingerprint density at radius 3 is 2.63 bits per heavy atom. The number of aryl methyl sites for hydroxylation is 1. The minimum atomic E-state index is -3.79. The molecule has 0 fully saturated rings. The first-order valence-electron chi connectivity index (χ1n) is 5.40. The molecule has 2 aromatic rings. The number of sulfonamides is 1. The molecule has 2 rings (SSSR count). The van der Waals surface area contributed by atoms with Crippen molar-refractivity contribution in [3.8, 4) is 0 Å². The van der Waals surface area contributed by atoms with Crippen molar-refractivity contribution < 1.29 is 18.3 Å². The molecule has 6 nitrogen and oxygen atoms in total. The molecule has 0 unspecified atom stereocenters. The van der Waals surface area contributed by atoms with Gasteiger partial charge in [-0.25, -0.2) is 13.2 Å². The number of nitrogens with one attached hydrogen (secondary N) is 2. The number of hydrogen-bond acceptors (Lipinski definition) is 3. The molecule has 1 aromatic heterocycles. The summed E-state index contributed by atoms with van der Waals surface area (Å²) in [5.41, 5.74) is 0.536. The van der Waals surface area contributed by atoms with Crippen molar-refractivity contribution in [3.63, 3.8) is 0 Å². The highest BCUT2D eigenvalue weighted by atomic mass is 32.2.